The predicted molar refractivity (Wildman–Crippen MR) is 119 cm³/mol. The molecule has 1 aromatic carbocycles. The first-order chi connectivity index (χ1) is 16.3. The van der Waals surface area contributed by atoms with Crippen LogP contribution >= 0.6 is 0 Å². The van der Waals surface area contributed by atoms with E-state index in [0.29, 0.717) is 43.4 Å². The van der Waals surface area contributed by atoms with Gasteiger partial charge in [0.25, 0.3) is 5.91 Å². The fourth-order valence-electron chi connectivity index (χ4n) is 3.29. The zero-order valence-corrected chi connectivity index (χ0v) is 19.1. The highest BCUT2D eigenvalue weighted by Gasteiger charge is 2.27. The van der Waals surface area contributed by atoms with Crippen molar-refractivity contribution in [2.45, 2.75) is 52.2 Å². The summed E-state index contributed by atoms with van der Waals surface area (Å²) in [6, 6.07) is 4.46. The summed E-state index contributed by atoms with van der Waals surface area (Å²) in [6.45, 7) is 0.594. The van der Waals surface area contributed by atoms with E-state index in [4.69, 9.17) is 14.9 Å². The lowest BCUT2D eigenvalue weighted by atomic mass is 10.2. The number of hydrogen-bond acceptors (Lipinski definition) is 7. The maximum Gasteiger partial charge on any atom is 0.387 e. The lowest BCUT2D eigenvalue weighted by molar-refractivity contribution is -0.117. The maximum atomic E-state index is 12.7. The van der Waals surface area contributed by atoms with Crippen molar-refractivity contribution in [3.05, 3.63) is 29.7 Å². The second-order valence-electron chi connectivity index (χ2n) is 8.11. The van der Waals surface area contributed by atoms with Crippen molar-refractivity contribution in [3.8, 4) is 23.0 Å². The van der Waals surface area contributed by atoms with Gasteiger partial charge in [0.05, 0.1) is 13.2 Å². The van der Waals surface area contributed by atoms with Gasteiger partial charge < -0.3 is 30.3 Å². The van der Waals surface area contributed by atoms with E-state index in [1.807, 2.05) is 0 Å². The zero-order chi connectivity index (χ0) is 24.7. The van der Waals surface area contributed by atoms with Crippen molar-refractivity contribution >= 4 is 11.8 Å². The predicted octanol–water partition coefficient (Wildman–Crippen LogP) is 3.31. The molecule has 1 aliphatic carbocycles. The molecule has 2 aliphatic rings. The maximum absolute atomic E-state index is 12.7. The molecule has 11 heteroatoms. The fourth-order valence-corrected chi connectivity index (χ4v) is 3.29. The smallest absolute Gasteiger partial charge is 0.387 e. The first-order valence-electron chi connectivity index (χ1n) is 11.3. The summed E-state index contributed by atoms with van der Waals surface area (Å²) in [4.78, 5) is 28.4. The van der Waals surface area contributed by atoms with Gasteiger partial charge in [-0.05, 0) is 49.8 Å². The number of primary amides is 1. The van der Waals surface area contributed by atoms with Gasteiger partial charge in [-0.15, -0.1) is 0 Å². The van der Waals surface area contributed by atoms with Crippen LogP contribution in [-0.2, 0) is 11.3 Å². The van der Waals surface area contributed by atoms with Gasteiger partial charge in [0, 0.05) is 25.1 Å². The number of aromatic nitrogens is 1. The molecule has 0 bridgehead atoms. The second kappa shape index (κ2) is 11.8. The number of amides is 2. The first-order valence-corrected chi connectivity index (χ1v) is 11.3. The van der Waals surface area contributed by atoms with Crippen LogP contribution in [0.4, 0.5) is 8.78 Å². The molecule has 0 spiro atoms. The van der Waals surface area contributed by atoms with E-state index < -0.39 is 6.61 Å². The Kier molecular flexibility index (Phi) is 8.80. The highest BCUT2D eigenvalue weighted by molar-refractivity contribution is 5.94. The number of alkyl halides is 2. The Morgan fingerprint density at radius 3 is 2.47 bits per heavy atom. The monoisotopic (exact) mass is 480 g/mol. The summed E-state index contributed by atoms with van der Waals surface area (Å²) in [7, 11) is 0. The van der Waals surface area contributed by atoms with Crippen LogP contribution in [0.5, 0.6) is 11.5 Å². The van der Waals surface area contributed by atoms with Gasteiger partial charge >= 0.3 is 6.61 Å². The van der Waals surface area contributed by atoms with Crippen molar-refractivity contribution in [2.75, 3.05) is 19.7 Å². The van der Waals surface area contributed by atoms with Crippen molar-refractivity contribution in [3.63, 3.8) is 0 Å². The molecular formula is C23H30F2N4O5. The number of oxazole rings is 1. The van der Waals surface area contributed by atoms with E-state index in [1.54, 1.807) is 11.8 Å². The van der Waals surface area contributed by atoms with Crippen LogP contribution < -0.4 is 20.9 Å². The first kappa shape index (κ1) is 25.4. The summed E-state index contributed by atoms with van der Waals surface area (Å²) in [5, 5.41) is 0. The summed E-state index contributed by atoms with van der Waals surface area (Å²) in [5.74, 6) is 0.607. The number of nitrogens with two attached hydrogens (primary N) is 2. The third-order valence-electron chi connectivity index (χ3n) is 5.41. The van der Waals surface area contributed by atoms with Crippen LogP contribution in [0.2, 0.25) is 0 Å². The Hall–Kier alpha value is -3.21. The molecule has 0 unspecified atom stereocenters. The zero-order valence-electron chi connectivity index (χ0n) is 19.1. The molecular weight excluding hydrogens is 450 g/mol. The molecule has 1 saturated carbocycles. The lowest BCUT2D eigenvalue weighted by Gasteiger charge is -2.13. The molecule has 186 valence electrons. The number of carbonyl (C=O) groups excluding carboxylic acids is 2. The Labute approximate surface area is 196 Å². The summed E-state index contributed by atoms with van der Waals surface area (Å²) in [5.41, 5.74) is 11.1. The van der Waals surface area contributed by atoms with E-state index in [-0.39, 0.29) is 41.4 Å². The molecule has 34 heavy (non-hydrogen) atoms. The molecule has 4 N–H and O–H groups in total. The third-order valence-corrected chi connectivity index (χ3v) is 5.41. The molecule has 4 rings (SSSR count). The highest BCUT2D eigenvalue weighted by Crippen LogP contribution is 2.36. The summed E-state index contributed by atoms with van der Waals surface area (Å²) >= 11 is 0. The van der Waals surface area contributed by atoms with E-state index in [1.165, 1.54) is 18.2 Å². The lowest BCUT2D eigenvalue weighted by Crippen LogP contribution is -2.29. The van der Waals surface area contributed by atoms with Crippen LogP contribution in [0.1, 0.15) is 55.3 Å². The molecule has 0 atom stereocenters. The molecule has 2 aromatic rings. The number of hydrogen-bond donors (Lipinski definition) is 2. The van der Waals surface area contributed by atoms with Gasteiger partial charge in [0.15, 0.2) is 23.0 Å². The number of likely N-dealkylation sites (tertiary alicyclic amines) is 1. The second-order valence-corrected chi connectivity index (χ2v) is 8.11. The molecule has 2 amide bonds. The van der Waals surface area contributed by atoms with Gasteiger partial charge in [-0.2, -0.15) is 8.78 Å². The van der Waals surface area contributed by atoms with Crippen LogP contribution in [0.25, 0.3) is 11.5 Å². The van der Waals surface area contributed by atoms with Gasteiger partial charge in [-0.3, -0.25) is 9.59 Å². The van der Waals surface area contributed by atoms with Crippen LogP contribution in [0.3, 0.4) is 0 Å². The van der Waals surface area contributed by atoms with Crippen LogP contribution in [0.15, 0.2) is 22.6 Å². The Morgan fingerprint density at radius 1 is 1.24 bits per heavy atom. The molecule has 9 nitrogen and oxygen atoms in total. The quantitative estimate of drug-likeness (QED) is 0.562. The number of carbonyl (C=O) groups is 2. The van der Waals surface area contributed by atoms with Gasteiger partial charge in [-0.1, -0.05) is 6.92 Å². The van der Waals surface area contributed by atoms with Crippen LogP contribution in [0, 0.1) is 5.92 Å². The van der Waals surface area contributed by atoms with Gasteiger partial charge in [-0.25, -0.2) is 4.98 Å². The summed E-state index contributed by atoms with van der Waals surface area (Å²) < 4.78 is 41.4. The number of nitrogens with zero attached hydrogens (tertiary/aromatic N) is 2. The molecule has 0 radical (unpaired) electrons. The van der Waals surface area contributed by atoms with Crippen molar-refractivity contribution in [1.29, 1.82) is 0 Å². The topological polar surface area (TPSA) is 134 Å². The van der Waals surface area contributed by atoms with E-state index in [2.05, 4.69) is 15.5 Å². The largest absolute Gasteiger partial charge is 0.489 e. The molecule has 2 fully saturated rings. The minimum Gasteiger partial charge on any atom is -0.489 e. The Morgan fingerprint density at radius 2 is 1.91 bits per heavy atom. The van der Waals surface area contributed by atoms with Crippen LogP contribution in [-0.4, -0.2) is 48.0 Å². The molecule has 1 aromatic heterocycles. The Bertz CT molecular complexity index is 988. The van der Waals surface area contributed by atoms with Crippen molar-refractivity contribution in [1.82, 2.24) is 9.88 Å². The van der Waals surface area contributed by atoms with Crippen molar-refractivity contribution in [2.24, 2.45) is 17.4 Å². The number of halogens is 2. The molecule has 2 heterocycles. The van der Waals surface area contributed by atoms with Gasteiger partial charge in [0.2, 0.25) is 11.8 Å². The number of ether oxygens (including phenoxy) is 2. The normalized spacial score (nSPS) is 15.1. The van der Waals surface area contributed by atoms with E-state index >= 15 is 0 Å². The summed E-state index contributed by atoms with van der Waals surface area (Å²) in [6.07, 6.45) is 4.49. The van der Waals surface area contributed by atoms with E-state index in [9.17, 15) is 18.4 Å². The highest BCUT2D eigenvalue weighted by atomic mass is 19.3. The molecule has 1 aliphatic heterocycles. The minimum absolute atomic E-state index is 0.0273. The fraction of sp³-hybridized carbons (Fsp3) is 0.522. The Balaban J connectivity index is 0.000000588. The number of rotatable bonds is 9. The average Bonchev–Trinajstić information content (AvgIpc) is 3.30. The average molecular weight is 481 g/mol. The van der Waals surface area contributed by atoms with Crippen molar-refractivity contribution < 1.29 is 32.3 Å². The SMILES string of the molecule is CCC(N)=O.NCc1oc(-c2ccc(OC(F)F)c(OCC3CC3)c2)nc1C(=O)N1CCCC1. The number of benzene rings is 1. The standard InChI is InChI=1S/C20H23F2N3O4.C3H7NO/c21-20(22)29-14-6-5-13(9-15(14)27-11-12-3-4-12)18-24-17(16(10-23)28-18)19(26)25-7-1-2-8-25;1-2-3(4)5/h5-6,9,12,20H,1-4,7-8,10-11,23H2;2H2,1H3,(H2,4,5). The third kappa shape index (κ3) is 6.89. The van der Waals surface area contributed by atoms with Gasteiger partial charge in [0.1, 0.15) is 0 Å². The van der Waals surface area contributed by atoms with E-state index in [0.717, 1.165) is 25.7 Å². The molecule has 1 saturated heterocycles. The minimum atomic E-state index is -2.96.